The Morgan fingerprint density at radius 1 is 1.28 bits per heavy atom. The zero-order chi connectivity index (χ0) is 13.3. The van der Waals surface area contributed by atoms with Gasteiger partial charge in [-0.3, -0.25) is 4.79 Å². The quantitative estimate of drug-likeness (QED) is 0.861. The molecule has 1 aliphatic rings. The van der Waals surface area contributed by atoms with E-state index >= 15 is 0 Å². The molecule has 1 aromatic rings. The van der Waals surface area contributed by atoms with Crippen LogP contribution in [0.4, 0.5) is 8.78 Å². The van der Waals surface area contributed by atoms with Gasteiger partial charge in [-0.25, -0.2) is 8.78 Å². The van der Waals surface area contributed by atoms with E-state index in [-0.39, 0.29) is 17.0 Å². The summed E-state index contributed by atoms with van der Waals surface area (Å²) in [6, 6.07) is 2.94. The molecule has 0 aromatic heterocycles. The van der Waals surface area contributed by atoms with E-state index in [0.29, 0.717) is 0 Å². The lowest BCUT2D eigenvalue weighted by atomic mass is 9.87. The molecule has 2 nitrogen and oxygen atoms in total. The monoisotopic (exact) mass is 253 g/mol. The molecule has 0 bridgehead atoms. The summed E-state index contributed by atoms with van der Waals surface area (Å²) in [5, 5.41) is 2.87. The van der Waals surface area contributed by atoms with Crippen molar-refractivity contribution >= 4 is 5.91 Å². The minimum absolute atomic E-state index is 0.0372. The fourth-order valence-corrected chi connectivity index (χ4v) is 2.52. The molecule has 1 saturated carbocycles. The summed E-state index contributed by atoms with van der Waals surface area (Å²) in [6.45, 7) is 4.19. The molecule has 1 unspecified atom stereocenters. The molecule has 98 valence electrons. The SMILES string of the molecule is CC1(C)CCCC1NC(=O)c1cc(F)cc(F)c1. The van der Waals surface area contributed by atoms with Crippen LogP contribution in [0.1, 0.15) is 43.5 Å². The van der Waals surface area contributed by atoms with Crippen LogP contribution >= 0.6 is 0 Å². The largest absolute Gasteiger partial charge is 0.349 e. The second kappa shape index (κ2) is 4.67. The summed E-state index contributed by atoms with van der Waals surface area (Å²) in [6.07, 6.45) is 3.03. The number of hydrogen-bond acceptors (Lipinski definition) is 1. The lowest BCUT2D eigenvalue weighted by Crippen LogP contribution is -2.41. The smallest absolute Gasteiger partial charge is 0.251 e. The van der Waals surface area contributed by atoms with E-state index in [0.717, 1.165) is 37.5 Å². The van der Waals surface area contributed by atoms with Gasteiger partial charge in [-0.15, -0.1) is 0 Å². The number of carbonyl (C=O) groups excluding carboxylic acids is 1. The number of hydrogen-bond donors (Lipinski definition) is 1. The topological polar surface area (TPSA) is 29.1 Å². The fourth-order valence-electron chi connectivity index (χ4n) is 2.52. The van der Waals surface area contributed by atoms with E-state index in [1.54, 1.807) is 0 Å². The van der Waals surface area contributed by atoms with Gasteiger partial charge < -0.3 is 5.32 Å². The first-order chi connectivity index (χ1) is 8.38. The molecule has 1 aromatic carbocycles. The van der Waals surface area contributed by atoms with Gasteiger partial charge in [0.1, 0.15) is 11.6 Å². The molecule has 0 aliphatic heterocycles. The highest BCUT2D eigenvalue weighted by molar-refractivity contribution is 5.94. The van der Waals surface area contributed by atoms with Crippen LogP contribution in [-0.4, -0.2) is 11.9 Å². The minimum Gasteiger partial charge on any atom is -0.349 e. The Labute approximate surface area is 105 Å². The Hall–Kier alpha value is -1.45. The van der Waals surface area contributed by atoms with Gasteiger partial charge in [0.05, 0.1) is 0 Å². The molecule has 1 atom stereocenters. The van der Waals surface area contributed by atoms with Gasteiger partial charge in [-0.05, 0) is 30.4 Å². The molecule has 4 heteroatoms. The van der Waals surface area contributed by atoms with Crippen LogP contribution in [0.15, 0.2) is 18.2 Å². The number of rotatable bonds is 2. The van der Waals surface area contributed by atoms with Crippen LogP contribution in [0.3, 0.4) is 0 Å². The molecular formula is C14H17F2NO. The first kappa shape index (κ1) is 13.0. The molecule has 1 fully saturated rings. The van der Waals surface area contributed by atoms with Crippen molar-refractivity contribution in [2.24, 2.45) is 5.41 Å². The summed E-state index contributed by atoms with van der Waals surface area (Å²) < 4.78 is 26.1. The van der Waals surface area contributed by atoms with E-state index < -0.39 is 17.5 Å². The third kappa shape index (κ3) is 2.68. The predicted molar refractivity (Wildman–Crippen MR) is 65.2 cm³/mol. The predicted octanol–water partition coefficient (Wildman–Crippen LogP) is 3.27. The molecule has 0 radical (unpaired) electrons. The van der Waals surface area contributed by atoms with Gasteiger partial charge in [0, 0.05) is 17.7 Å². The highest BCUT2D eigenvalue weighted by Crippen LogP contribution is 2.37. The number of amides is 1. The van der Waals surface area contributed by atoms with E-state index in [4.69, 9.17) is 0 Å². The first-order valence-corrected chi connectivity index (χ1v) is 6.15. The highest BCUT2D eigenvalue weighted by atomic mass is 19.1. The number of carbonyl (C=O) groups is 1. The standard InChI is InChI=1S/C14H17F2NO/c1-14(2)5-3-4-12(14)17-13(18)9-6-10(15)8-11(16)7-9/h6-8,12H,3-5H2,1-2H3,(H,17,18). The van der Waals surface area contributed by atoms with Crippen LogP contribution in [0, 0.1) is 17.0 Å². The lowest BCUT2D eigenvalue weighted by Gasteiger charge is -2.27. The van der Waals surface area contributed by atoms with E-state index in [1.165, 1.54) is 0 Å². The van der Waals surface area contributed by atoms with Crippen molar-refractivity contribution in [2.75, 3.05) is 0 Å². The van der Waals surface area contributed by atoms with E-state index in [2.05, 4.69) is 19.2 Å². The van der Waals surface area contributed by atoms with Crippen molar-refractivity contribution in [1.82, 2.24) is 5.32 Å². The number of benzene rings is 1. The summed E-state index contributed by atoms with van der Waals surface area (Å²) in [4.78, 5) is 11.9. The molecule has 2 rings (SSSR count). The van der Waals surface area contributed by atoms with Crippen molar-refractivity contribution in [1.29, 1.82) is 0 Å². The van der Waals surface area contributed by atoms with Crippen molar-refractivity contribution in [3.63, 3.8) is 0 Å². The zero-order valence-corrected chi connectivity index (χ0v) is 10.6. The normalized spacial score (nSPS) is 21.9. The maximum atomic E-state index is 13.0. The van der Waals surface area contributed by atoms with Gasteiger partial charge in [-0.1, -0.05) is 20.3 Å². The Kier molecular flexibility index (Phi) is 3.37. The van der Waals surface area contributed by atoms with Gasteiger partial charge in [0.2, 0.25) is 0 Å². The summed E-state index contributed by atoms with van der Waals surface area (Å²) in [5.74, 6) is -1.87. The minimum atomic E-state index is -0.731. The molecule has 0 saturated heterocycles. The average Bonchev–Trinajstić information content (AvgIpc) is 2.57. The lowest BCUT2D eigenvalue weighted by molar-refractivity contribution is 0.0909. The fraction of sp³-hybridized carbons (Fsp3) is 0.500. The second-order valence-corrected chi connectivity index (χ2v) is 5.56. The summed E-state index contributed by atoms with van der Waals surface area (Å²) >= 11 is 0. The Balaban J connectivity index is 2.12. The zero-order valence-electron chi connectivity index (χ0n) is 10.6. The number of nitrogens with one attached hydrogen (secondary N) is 1. The molecule has 1 N–H and O–H groups in total. The molecule has 0 heterocycles. The summed E-state index contributed by atoms with van der Waals surface area (Å²) in [7, 11) is 0. The third-order valence-corrected chi connectivity index (χ3v) is 3.69. The van der Waals surface area contributed by atoms with Crippen molar-refractivity contribution in [2.45, 2.75) is 39.2 Å². The molecular weight excluding hydrogens is 236 g/mol. The first-order valence-electron chi connectivity index (χ1n) is 6.15. The van der Waals surface area contributed by atoms with Gasteiger partial charge in [-0.2, -0.15) is 0 Å². The van der Waals surface area contributed by atoms with E-state index in [9.17, 15) is 13.6 Å². The summed E-state index contributed by atoms with van der Waals surface area (Å²) in [5.41, 5.74) is 0.0804. The van der Waals surface area contributed by atoms with Gasteiger partial charge in [0.15, 0.2) is 0 Å². The van der Waals surface area contributed by atoms with Crippen LogP contribution in [-0.2, 0) is 0 Å². The molecule has 1 aliphatic carbocycles. The second-order valence-electron chi connectivity index (χ2n) is 5.56. The van der Waals surface area contributed by atoms with Crippen molar-refractivity contribution < 1.29 is 13.6 Å². The Morgan fingerprint density at radius 2 is 1.89 bits per heavy atom. The maximum absolute atomic E-state index is 13.0. The van der Waals surface area contributed by atoms with E-state index in [1.807, 2.05) is 0 Å². The van der Waals surface area contributed by atoms with Crippen LogP contribution < -0.4 is 5.32 Å². The Bertz CT molecular complexity index is 451. The third-order valence-electron chi connectivity index (χ3n) is 3.69. The number of halogens is 2. The van der Waals surface area contributed by atoms with Crippen LogP contribution in [0.2, 0.25) is 0 Å². The molecule has 18 heavy (non-hydrogen) atoms. The van der Waals surface area contributed by atoms with Gasteiger partial charge >= 0.3 is 0 Å². The van der Waals surface area contributed by atoms with Crippen LogP contribution in [0.5, 0.6) is 0 Å². The maximum Gasteiger partial charge on any atom is 0.251 e. The van der Waals surface area contributed by atoms with Crippen LogP contribution in [0.25, 0.3) is 0 Å². The van der Waals surface area contributed by atoms with Crippen molar-refractivity contribution in [3.05, 3.63) is 35.4 Å². The Morgan fingerprint density at radius 3 is 2.39 bits per heavy atom. The van der Waals surface area contributed by atoms with Gasteiger partial charge in [0.25, 0.3) is 5.91 Å². The van der Waals surface area contributed by atoms with Crippen molar-refractivity contribution in [3.8, 4) is 0 Å². The highest BCUT2D eigenvalue weighted by Gasteiger charge is 2.35. The molecule has 0 spiro atoms. The average molecular weight is 253 g/mol. The molecule has 1 amide bonds.